The van der Waals surface area contributed by atoms with Crippen LogP contribution in [0.2, 0.25) is 0 Å². The molecule has 3 rings (SSSR count). The molecule has 5 nitrogen and oxygen atoms in total. The minimum absolute atomic E-state index is 0.0257. The van der Waals surface area contributed by atoms with Crippen molar-refractivity contribution in [3.8, 4) is 11.5 Å². The van der Waals surface area contributed by atoms with Crippen molar-refractivity contribution < 1.29 is 14.3 Å². The van der Waals surface area contributed by atoms with E-state index in [1.165, 1.54) is 5.56 Å². The molecule has 2 atom stereocenters. The van der Waals surface area contributed by atoms with Gasteiger partial charge in [0, 0.05) is 30.6 Å². The summed E-state index contributed by atoms with van der Waals surface area (Å²) < 4.78 is 11.2. The van der Waals surface area contributed by atoms with Crippen LogP contribution in [0.5, 0.6) is 11.5 Å². The first-order valence-corrected chi connectivity index (χ1v) is 9.54. The maximum absolute atomic E-state index is 13.0. The summed E-state index contributed by atoms with van der Waals surface area (Å²) in [5.41, 5.74) is 8.10. The van der Waals surface area contributed by atoms with Gasteiger partial charge in [-0.15, -0.1) is 0 Å². The van der Waals surface area contributed by atoms with Crippen LogP contribution in [0, 0.1) is 0 Å². The molecule has 0 saturated carbocycles. The molecule has 0 radical (unpaired) electrons. The zero-order chi connectivity index (χ0) is 19.2. The minimum Gasteiger partial charge on any atom is -0.493 e. The Morgan fingerprint density at radius 2 is 1.93 bits per heavy atom. The number of carbonyl (C=O) groups excluding carboxylic acids is 1. The molecule has 144 valence electrons. The highest BCUT2D eigenvalue weighted by molar-refractivity contribution is 5.95. The largest absolute Gasteiger partial charge is 0.493 e. The van der Waals surface area contributed by atoms with E-state index in [9.17, 15) is 4.79 Å². The van der Waals surface area contributed by atoms with Gasteiger partial charge in [-0.2, -0.15) is 0 Å². The number of rotatable bonds is 7. The van der Waals surface area contributed by atoms with Crippen molar-refractivity contribution in [3.05, 3.63) is 59.7 Å². The Kier molecular flexibility index (Phi) is 6.35. The zero-order valence-corrected chi connectivity index (χ0v) is 16.1. The van der Waals surface area contributed by atoms with Crippen molar-refractivity contribution in [3.63, 3.8) is 0 Å². The van der Waals surface area contributed by atoms with E-state index in [0.717, 1.165) is 12.8 Å². The van der Waals surface area contributed by atoms with Crippen LogP contribution in [-0.2, 0) is 0 Å². The van der Waals surface area contributed by atoms with Crippen molar-refractivity contribution in [2.45, 2.75) is 31.7 Å². The third kappa shape index (κ3) is 4.42. The first-order valence-electron chi connectivity index (χ1n) is 9.54. The van der Waals surface area contributed by atoms with Gasteiger partial charge in [0.2, 0.25) is 0 Å². The highest BCUT2D eigenvalue weighted by atomic mass is 16.5. The third-order valence-corrected chi connectivity index (χ3v) is 5.05. The van der Waals surface area contributed by atoms with E-state index < -0.39 is 0 Å². The summed E-state index contributed by atoms with van der Waals surface area (Å²) >= 11 is 0. The van der Waals surface area contributed by atoms with Gasteiger partial charge in [0.1, 0.15) is 0 Å². The molecule has 2 aromatic rings. The lowest BCUT2D eigenvalue weighted by Gasteiger charge is -2.18. The summed E-state index contributed by atoms with van der Waals surface area (Å²) in [7, 11) is 1.59. The normalized spacial score (nSPS) is 19.1. The van der Waals surface area contributed by atoms with Gasteiger partial charge in [-0.3, -0.25) is 4.79 Å². The summed E-state index contributed by atoms with van der Waals surface area (Å²) in [5, 5.41) is 0. The van der Waals surface area contributed by atoms with Crippen molar-refractivity contribution in [1.29, 1.82) is 0 Å². The van der Waals surface area contributed by atoms with E-state index in [2.05, 4.69) is 19.1 Å². The number of benzene rings is 2. The quantitative estimate of drug-likeness (QED) is 0.761. The van der Waals surface area contributed by atoms with E-state index in [1.54, 1.807) is 19.2 Å². The predicted octanol–water partition coefficient (Wildman–Crippen LogP) is 3.44. The fourth-order valence-corrected chi connectivity index (χ4v) is 3.48. The Hall–Kier alpha value is -2.53. The van der Waals surface area contributed by atoms with Gasteiger partial charge in [0.25, 0.3) is 5.91 Å². The van der Waals surface area contributed by atoms with Crippen LogP contribution in [0.4, 0.5) is 0 Å². The third-order valence-electron chi connectivity index (χ3n) is 5.05. The Bertz CT molecular complexity index is 763. The lowest BCUT2D eigenvalue weighted by Crippen LogP contribution is -2.32. The van der Waals surface area contributed by atoms with Crippen molar-refractivity contribution in [1.82, 2.24) is 4.90 Å². The first-order chi connectivity index (χ1) is 13.1. The topological polar surface area (TPSA) is 64.8 Å². The van der Waals surface area contributed by atoms with E-state index in [0.29, 0.717) is 36.8 Å². The average molecular weight is 368 g/mol. The molecule has 1 amide bonds. The van der Waals surface area contributed by atoms with Gasteiger partial charge < -0.3 is 20.1 Å². The molecule has 1 fully saturated rings. The predicted molar refractivity (Wildman–Crippen MR) is 106 cm³/mol. The van der Waals surface area contributed by atoms with Crippen molar-refractivity contribution in [2.24, 2.45) is 5.73 Å². The zero-order valence-electron chi connectivity index (χ0n) is 16.1. The Labute approximate surface area is 161 Å². The smallest absolute Gasteiger partial charge is 0.254 e. The number of nitrogens with two attached hydrogens (primary N) is 1. The molecule has 0 unspecified atom stereocenters. The molecule has 2 aromatic carbocycles. The van der Waals surface area contributed by atoms with Crippen LogP contribution in [0.25, 0.3) is 0 Å². The molecule has 1 aliphatic heterocycles. The van der Waals surface area contributed by atoms with Crippen LogP contribution in [0.1, 0.15) is 41.6 Å². The van der Waals surface area contributed by atoms with Gasteiger partial charge in [-0.05, 0) is 30.2 Å². The number of hydrogen-bond acceptors (Lipinski definition) is 4. The summed E-state index contributed by atoms with van der Waals surface area (Å²) in [6.07, 6.45) is 2.05. The highest BCUT2D eigenvalue weighted by Crippen LogP contribution is 2.31. The van der Waals surface area contributed by atoms with Gasteiger partial charge in [-0.1, -0.05) is 43.7 Å². The van der Waals surface area contributed by atoms with Gasteiger partial charge in [0.15, 0.2) is 11.5 Å². The summed E-state index contributed by atoms with van der Waals surface area (Å²) in [6, 6.07) is 15.5. The number of carbonyl (C=O) groups is 1. The monoisotopic (exact) mass is 368 g/mol. The Morgan fingerprint density at radius 3 is 2.63 bits per heavy atom. The van der Waals surface area contributed by atoms with Crippen LogP contribution >= 0.6 is 0 Å². The number of unbranched alkanes of at least 4 members (excludes halogenated alkanes) is 1. The molecular weight excluding hydrogens is 340 g/mol. The lowest BCUT2D eigenvalue weighted by atomic mass is 9.95. The summed E-state index contributed by atoms with van der Waals surface area (Å²) in [5.74, 6) is 1.39. The van der Waals surface area contributed by atoms with Crippen molar-refractivity contribution in [2.75, 3.05) is 26.8 Å². The number of ether oxygens (including phenoxy) is 2. The van der Waals surface area contributed by atoms with E-state index in [1.807, 2.05) is 29.2 Å². The van der Waals surface area contributed by atoms with Gasteiger partial charge in [0.05, 0.1) is 13.7 Å². The molecular formula is C22H28N2O3. The maximum Gasteiger partial charge on any atom is 0.254 e. The molecule has 5 heteroatoms. The number of likely N-dealkylation sites (tertiary alicyclic amines) is 1. The Balaban J connectivity index is 1.72. The first kappa shape index (κ1) is 19.2. The molecule has 1 heterocycles. The van der Waals surface area contributed by atoms with Gasteiger partial charge >= 0.3 is 0 Å². The minimum atomic E-state index is -0.0603. The molecule has 0 aliphatic carbocycles. The van der Waals surface area contributed by atoms with Crippen LogP contribution in [-0.4, -0.2) is 43.7 Å². The van der Waals surface area contributed by atoms with E-state index in [-0.39, 0.29) is 17.9 Å². The second kappa shape index (κ2) is 8.91. The van der Waals surface area contributed by atoms with Crippen molar-refractivity contribution >= 4 is 5.91 Å². The molecule has 0 spiro atoms. The molecule has 0 bridgehead atoms. The second-order valence-electron chi connectivity index (χ2n) is 6.96. The SMILES string of the molecule is CCCCOc1ccc(C(=O)N2C[C@@H](N)[C@H](c3ccccc3)C2)cc1OC. The van der Waals surface area contributed by atoms with E-state index in [4.69, 9.17) is 15.2 Å². The van der Waals surface area contributed by atoms with Crippen LogP contribution in [0.3, 0.4) is 0 Å². The van der Waals surface area contributed by atoms with Crippen LogP contribution in [0.15, 0.2) is 48.5 Å². The highest BCUT2D eigenvalue weighted by Gasteiger charge is 2.34. The van der Waals surface area contributed by atoms with Gasteiger partial charge in [-0.25, -0.2) is 0 Å². The number of nitrogens with zero attached hydrogens (tertiary/aromatic N) is 1. The molecule has 0 aromatic heterocycles. The lowest BCUT2D eigenvalue weighted by molar-refractivity contribution is 0.0788. The maximum atomic E-state index is 13.0. The number of amides is 1. The van der Waals surface area contributed by atoms with E-state index >= 15 is 0 Å². The van der Waals surface area contributed by atoms with Crippen LogP contribution < -0.4 is 15.2 Å². The molecule has 1 saturated heterocycles. The second-order valence-corrected chi connectivity index (χ2v) is 6.96. The Morgan fingerprint density at radius 1 is 1.15 bits per heavy atom. The number of methoxy groups -OCH3 is 1. The summed E-state index contributed by atoms with van der Waals surface area (Å²) in [4.78, 5) is 14.8. The molecule has 1 aliphatic rings. The fourth-order valence-electron chi connectivity index (χ4n) is 3.48. The fraction of sp³-hybridized carbons (Fsp3) is 0.409. The average Bonchev–Trinajstić information content (AvgIpc) is 3.10. The number of hydrogen-bond donors (Lipinski definition) is 1. The summed E-state index contributed by atoms with van der Waals surface area (Å²) in [6.45, 7) is 3.93. The standard InChI is InChI=1S/C22H28N2O3/c1-3-4-12-27-20-11-10-17(13-21(20)26-2)22(25)24-14-18(19(23)15-24)16-8-6-5-7-9-16/h5-11,13,18-19H,3-4,12,14-15,23H2,1-2H3/t18-,19+/m0/s1. The molecule has 27 heavy (non-hydrogen) atoms. The molecule has 2 N–H and O–H groups in total.